The van der Waals surface area contributed by atoms with Crippen LogP contribution < -0.4 is 0 Å². The largest absolute Gasteiger partial charge is 0.301 e. The van der Waals surface area contributed by atoms with E-state index in [0.29, 0.717) is 0 Å². The van der Waals surface area contributed by atoms with Crippen LogP contribution in [0.2, 0.25) is 0 Å². The highest BCUT2D eigenvalue weighted by molar-refractivity contribution is 9.09. The van der Waals surface area contributed by atoms with Crippen LogP contribution in [0.5, 0.6) is 0 Å². The lowest BCUT2D eigenvalue weighted by atomic mass is 10.4. The fourth-order valence-corrected chi connectivity index (χ4v) is 0.621. The van der Waals surface area contributed by atoms with E-state index in [1.54, 1.807) is 7.05 Å². The van der Waals surface area contributed by atoms with Gasteiger partial charge >= 0.3 is 0 Å². The first kappa shape index (κ1) is 7.15. The van der Waals surface area contributed by atoms with Gasteiger partial charge in [-0.25, -0.2) is 0 Å². The van der Waals surface area contributed by atoms with Crippen molar-refractivity contribution in [2.24, 2.45) is 4.99 Å². The Morgan fingerprint density at radius 2 is 2.43 bits per heavy atom. The van der Waals surface area contributed by atoms with Crippen molar-refractivity contribution < 1.29 is 0 Å². The summed E-state index contributed by atoms with van der Waals surface area (Å²) >= 11 is 3.32. The van der Waals surface area contributed by atoms with Crippen LogP contribution in [0.15, 0.2) is 4.99 Å². The summed E-state index contributed by atoms with van der Waals surface area (Å²) in [6, 6.07) is 0. The molecule has 0 bridgehead atoms. The van der Waals surface area contributed by atoms with Gasteiger partial charge in [0.1, 0.15) is 0 Å². The van der Waals surface area contributed by atoms with Gasteiger partial charge < -0.3 is 4.99 Å². The lowest BCUT2D eigenvalue weighted by Gasteiger charge is -1.82. The molecule has 0 fully saturated rings. The monoisotopic (exact) mass is 163 g/mol. The molecule has 2 heteroatoms. The quantitative estimate of drug-likeness (QED) is 0.343. The van der Waals surface area contributed by atoms with Gasteiger partial charge in [-0.1, -0.05) is 15.9 Å². The molecule has 0 saturated carbocycles. The van der Waals surface area contributed by atoms with Crippen molar-refractivity contribution in [3.63, 3.8) is 0 Å². The molecule has 0 aliphatic carbocycles. The maximum Gasteiger partial charge on any atom is 0.0273 e. The van der Waals surface area contributed by atoms with Gasteiger partial charge in [-0.3, -0.25) is 0 Å². The Morgan fingerprint density at radius 1 is 1.71 bits per heavy atom. The van der Waals surface area contributed by atoms with E-state index in [4.69, 9.17) is 0 Å². The van der Waals surface area contributed by atoms with Gasteiger partial charge in [-0.15, -0.1) is 0 Å². The Balaban J connectivity index is 2.69. The van der Waals surface area contributed by atoms with Gasteiger partial charge in [0.15, 0.2) is 0 Å². The van der Waals surface area contributed by atoms with E-state index in [1.807, 2.05) is 6.21 Å². The molecule has 0 radical (unpaired) electrons. The molecular formula is C5H10BrN. The molecule has 0 saturated heterocycles. The molecule has 0 amide bonds. The van der Waals surface area contributed by atoms with Gasteiger partial charge in [0.25, 0.3) is 0 Å². The highest BCUT2D eigenvalue weighted by Crippen LogP contribution is 1.89. The second kappa shape index (κ2) is 6.15. The van der Waals surface area contributed by atoms with E-state index in [9.17, 15) is 0 Å². The first-order valence-electron chi connectivity index (χ1n) is 2.38. The van der Waals surface area contributed by atoms with Crippen LogP contribution in [0.25, 0.3) is 0 Å². The zero-order chi connectivity index (χ0) is 5.54. The van der Waals surface area contributed by atoms with E-state index in [1.165, 1.54) is 6.42 Å². The Labute approximate surface area is 53.0 Å². The first-order valence-corrected chi connectivity index (χ1v) is 3.50. The van der Waals surface area contributed by atoms with Crippen LogP contribution >= 0.6 is 15.9 Å². The maximum atomic E-state index is 3.83. The zero-order valence-corrected chi connectivity index (χ0v) is 6.11. The third-order valence-electron chi connectivity index (χ3n) is 0.649. The highest BCUT2D eigenvalue weighted by atomic mass is 79.9. The van der Waals surface area contributed by atoms with Crippen molar-refractivity contribution in [3.8, 4) is 0 Å². The van der Waals surface area contributed by atoms with E-state index in [0.717, 1.165) is 11.8 Å². The van der Waals surface area contributed by atoms with Crippen molar-refractivity contribution >= 4 is 22.1 Å². The van der Waals surface area contributed by atoms with Crippen molar-refractivity contribution in [1.82, 2.24) is 0 Å². The number of hydrogen-bond acceptors (Lipinski definition) is 1. The first-order chi connectivity index (χ1) is 3.41. The number of hydrogen-bond donors (Lipinski definition) is 0. The van der Waals surface area contributed by atoms with E-state index in [2.05, 4.69) is 20.9 Å². The number of rotatable bonds is 3. The average Bonchev–Trinajstić information content (AvgIpc) is 1.69. The van der Waals surface area contributed by atoms with Gasteiger partial charge in [-0.05, 0) is 19.1 Å². The Bertz CT molecular complexity index is 52.0. The topological polar surface area (TPSA) is 12.4 Å². The van der Waals surface area contributed by atoms with Crippen molar-refractivity contribution in [3.05, 3.63) is 0 Å². The summed E-state index contributed by atoms with van der Waals surface area (Å²) in [5, 5.41) is 1.08. The predicted molar refractivity (Wildman–Crippen MR) is 37.4 cm³/mol. The molecular weight excluding hydrogens is 154 g/mol. The Kier molecular flexibility index (Phi) is 6.28. The fourth-order valence-electron chi connectivity index (χ4n) is 0.298. The highest BCUT2D eigenvalue weighted by Gasteiger charge is 1.75. The summed E-state index contributed by atoms with van der Waals surface area (Å²) < 4.78 is 0. The molecule has 0 heterocycles. The SMILES string of the molecule is CN=CCCCBr. The molecule has 0 spiro atoms. The molecule has 1 nitrogen and oxygen atoms in total. The molecule has 0 atom stereocenters. The molecule has 0 aromatic carbocycles. The summed E-state index contributed by atoms with van der Waals surface area (Å²) in [6.07, 6.45) is 4.22. The van der Waals surface area contributed by atoms with Crippen LogP contribution in [0.4, 0.5) is 0 Å². The summed E-state index contributed by atoms with van der Waals surface area (Å²) in [7, 11) is 1.80. The minimum Gasteiger partial charge on any atom is -0.301 e. The standard InChI is InChI=1S/C5H10BrN/c1-7-5-3-2-4-6/h5H,2-4H2,1H3. The van der Waals surface area contributed by atoms with Crippen LogP contribution in [0, 0.1) is 0 Å². The van der Waals surface area contributed by atoms with E-state index >= 15 is 0 Å². The average molecular weight is 164 g/mol. The molecule has 0 unspecified atom stereocenters. The number of alkyl halides is 1. The molecule has 0 aromatic heterocycles. The minimum absolute atomic E-state index is 1.08. The molecule has 0 aromatic rings. The molecule has 0 aliphatic rings. The van der Waals surface area contributed by atoms with Gasteiger partial charge in [0, 0.05) is 12.4 Å². The summed E-state index contributed by atoms with van der Waals surface area (Å²) in [6.45, 7) is 0. The van der Waals surface area contributed by atoms with Crippen LogP contribution in [0.1, 0.15) is 12.8 Å². The second-order valence-corrected chi connectivity index (χ2v) is 2.06. The van der Waals surface area contributed by atoms with E-state index < -0.39 is 0 Å². The number of aliphatic imine (C=N–C) groups is 1. The molecule has 0 rings (SSSR count). The molecule has 42 valence electrons. The van der Waals surface area contributed by atoms with Crippen LogP contribution in [-0.4, -0.2) is 18.6 Å². The number of nitrogens with zero attached hydrogens (tertiary/aromatic N) is 1. The van der Waals surface area contributed by atoms with Crippen molar-refractivity contribution in [2.75, 3.05) is 12.4 Å². The summed E-state index contributed by atoms with van der Waals surface area (Å²) in [5.74, 6) is 0. The van der Waals surface area contributed by atoms with Crippen molar-refractivity contribution in [1.29, 1.82) is 0 Å². The summed E-state index contributed by atoms with van der Waals surface area (Å²) in [4.78, 5) is 3.83. The smallest absolute Gasteiger partial charge is 0.0273 e. The predicted octanol–water partition coefficient (Wildman–Crippen LogP) is 1.86. The van der Waals surface area contributed by atoms with Crippen LogP contribution in [-0.2, 0) is 0 Å². The van der Waals surface area contributed by atoms with E-state index in [-0.39, 0.29) is 0 Å². The third kappa shape index (κ3) is 6.15. The minimum atomic E-state index is 1.08. The van der Waals surface area contributed by atoms with Gasteiger partial charge in [0.2, 0.25) is 0 Å². The fraction of sp³-hybridized carbons (Fsp3) is 0.800. The normalized spacial score (nSPS) is 10.6. The third-order valence-corrected chi connectivity index (χ3v) is 1.21. The Hall–Kier alpha value is 0.150. The number of unbranched alkanes of at least 4 members (excludes halogenated alkanes) is 1. The zero-order valence-electron chi connectivity index (χ0n) is 4.52. The van der Waals surface area contributed by atoms with Crippen LogP contribution in [0.3, 0.4) is 0 Å². The van der Waals surface area contributed by atoms with Gasteiger partial charge in [0.05, 0.1) is 0 Å². The molecule has 0 N–H and O–H groups in total. The lowest BCUT2D eigenvalue weighted by molar-refractivity contribution is 1.03. The van der Waals surface area contributed by atoms with Crippen molar-refractivity contribution in [2.45, 2.75) is 12.8 Å². The second-order valence-electron chi connectivity index (χ2n) is 1.27. The lowest BCUT2D eigenvalue weighted by Crippen LogP contribution is -1.75. The number of halogens is 1. The maximum absolute atomic E-state index is 3.83. The Morgan fingerprint density at radius 3 is 2.86 bits per heavy atom. The molecule has 0 aliphatic heterocycles. The van der Waals surface area contributed by atoms with Gasteiger partial charge in [-0.2, -0.15) is 0 Å². The molecule has 7 heavy (non-hydrogen) atoms. The summed E-state index contributed by atoms with van der Waals surface area (Å²) in [5.41, 5.74) is 0.